The van der Waals surface area contributed by atoms with Crippen LogP contribution in [0.3, 0.4) is 0 Å². The summed E-state index contributed by atoms with van der Waals surface area (Å²) >= 11 is 0. The Labute approximate surface area is 119 Å². The van der Waals surface area contributed by atoms with Crippen LogP contribution < -0.4 is 5.73 Å². The molecular weight excluding hydrogens is 260 g/mol. The van der Waals surface area contributed by atoms with Crippen molar-refractivity contribution in [2.45, 2.75) is 19.0 Å². The van der Waals surface area contributed by atoms with Crippen molar-refractivity contribution >= 4 is 0 Å². The molecule has 1 aliphatic rings. The fourth-order valence-corrected chi connectivity index (χ4v) is 3.18. The molecule has 3 atom stereocenters. The molecule has 20 heavy (non-hydrogen) atoms. The van der Waals surface area contributed by atoms with Gasteiger partial charge in [0.1, 0.15) is 11.6 Å². The van der Waals surface area contributed by atoms with E-state index >= 15 is 0 Å². The minimum absolute atomic E-state index is 0.132. The predicted octanol–water partition coefficient (Wildman–Crippen LogP) is 1.85. The number of nitrogens with two attached hydrogens (primary N) is 1. The van der Waals surface area contributed by atoms with Gasteiger partial charge in [-0.3, -0.25) is 4.90 Å². The quantitative estimate of drug-likeness (QED) is 0.915. The monoisotopic (exact) mass is 283 g/mol. The molecule has 0 radical (unpaired) electrons. The Morgan fingerprint density at radius 3 is 2.30 bits per heavy atom. The average molecular weight is 283 g/mol. The Bertz CT molecular complexity index is 444. The third kappa shape index (κ3) is 3.16. The Hall–Kier alpha value is -1.04. The highest BCUT2D eigenvalue weighted by Crippen LogP contribution is 2.29. The number of benzene rings is 1. The minimum atomic E-state index is -0.546. The van der Waals surface area contributed by atoms with Gasteiger partial charge in [0.2, 0.25) is 0 Å². The van der Waals surface area contributed by atoms with Crippen LogP contribution in [0.4, 0.5) is 8.78 Å². The normalized spacial score (nSPS) is 25.4. The highest BCUT2D eigenvalue weighted by molar-refractivity contribution is 5.22. The standard InChI is InChI=1S/C15H23F2N3/c1-10-8-20(9-15(10)19(2)3)14(7-18)11-4-12(16)6-13(17)5-11/h4-6,10,14-15H,7-9,18H2,1-3H3. The largest absolute Gasteiger partial charge is 0.329 e. The van der Waals surface area contributed by atoms with Gasteiger partial charge in [0.15, 0.2) is 0 Å². The van der Waals surface area contributed by atoms with Crippen molar-refractivity contribution in [3.05, 3.63) is 35.4 Å². The van der Waals surface area contributed by atoms with Crippen molar-refractivity contribution in [1.82, 2.24) is 9.80 Å². The molecule has 112 valence electrons. The highest BCUT2D eigenvalue weighted by Gasteiger charge is 2.34. The van der Waals surface area contributed by atoms with Crippen LogP contribution in [0.1, 0.15) is 18.5 Å². The summed E-state index contributed by atoms with van der Waals surface area (Å²) in [5, 5.41) is 0. The van der Waals surface area contributed by atoms with Crippen LogP contribution in [0, 0.1) is 17.6 Å². The van der Waals surface area contributed by atoms with E-state index in [0.717, 1.165) is 19.2 Å². The summed E-state index contributed by atoms with van der Waals surface area (Å²) in [6.45, 7) is 4.32. The van der Waals surface area contributed by atoms with E-state index in [-0.39, 0.29) is 6.04 Å². The second kappa shape index (κ2) is 6.16. The lowest BCUT2D eigenvalue weighted by molar-refractivity contribution is 0.219. The topological polar surface area (TPSA) is 32.5 Å². The summed E-state index contributed by atoms with van der Waals surface area (Å²) in [6.07, 6.45) is 0. The second-order valence-electron chi connectivity index (χ2n) is 5.92. The van der Waals surface area contributed by atoms with Crippen molar-refractivity contribution in [3.63, 3.8) is 0 Å². The maximum atomic E-state index is 13.4. The van der Waals surface area contributed by atoms with E-state index in [1.54, 1.807) is 0 Å². The lowest BCUT2D eigenvalue weighted by Gasteiger charge is -2.28. The van der Waals surface area contributed by atoms with Crippen molar-refractivity contribution in [1.29, 1.82) is 0 Å². The molecule has 1 saturated heterocycles. The van der Waals surface area contributed by atoms with E-state index in [9.17, 15) is 8.78 Å². The number of rotatable bonds is 4. The minimum Gasteiger partial charge on any atom is -0.329 e. The summed E-state index contributed by atoms with van der Waals surface area (Å²) in [5.41, 5.74) is 6.47. The van der Waals surface area contributed by atoms with E-state index in [1.165, 1.54) is 12.1 Å². The Morgan fingerprint density at radius 2 is 1.85 bits per heavy atom. The van der Waals surface area contributed by atoms with Crippen molar-refractivity contribution in [2.75, 3.05) is 33.7 Å². The molecule has 3 nitrogen and oxygen atoms in total. The molecule has 1 fully saturated rings. The fourth-order valence-electron chi connectivity index (χ4n) is 3.18. The Morgan fingerprint density at radius 1 is 1.25 bits per heavy atom. The number of likely N-dealkylation sites (tertiary alicyclic amines) is 1. The first kappa shape index (κ1) is 15.4. The molecule has 2 N–H and O–H groups in total. The van der Waals surface area contributed by atoms with Gasteiger partial charge in [-0.2, -0.15) is 0 Å². The van der Waals surface area contributed by atoms with Gasteiger partial charge >= 0.3 is 0 Å². The summed E-state index contributed by atoms with van der Waals surface area (Å²) in [4.78, 5) is 4.42. The first-order chi connectivity index (χ1) is 9.42. The summed E-state index contributed by atoms with van der Waals surface area (Å²) in [5.74, 6) is -0.581. The van der Waals surface area contributed by atoms with Gasteiger partial charge in [-0.25, -0.2) is 8.78 Å². The molecule has 2 rings (SSSR count). The first-order valence-electron chi connectivity index (χ1n) is 6.99. The van der Waals surface area contributed by atoms with Gasteiger partial charge in [-0.15, -0.1) is 0 Å². The Kier molecular flexibility index (Phi) is 4.73. The predicted molar refractivity (Wildman–Crippen MR) is 76.4 cm³/mol. The zero-order valence-electron chi connectivity index (χ0n) is 12.3. The van der Waals surface area contributed by atoms with Crippen LogP contribution >= 0.6 is 0 Å². The van der Waals surface area contributed by atoms with E-state index in [4.69, 9.17) is 5.73 Å². The molecule has 0 amide bonds. The molecule has 1 aromatic carbocycles. The molecule has 0 aromatic heterocycles. The maximum absolute atomic E-state index is 13.4. The molecule has 1 aliphatic heterocycles. The van der Waals surface area contributed by atoms with E-state index in [1.807, 2.05) is 0 Å². The maximum Gasteiger partial charge on any atom is 0.126 e. The Balaban J connectivity index is 2.21. The number of likely N-dealkylation sites (N-methyl/N-ethyl adjacent to an activating group) is 1. The van der Waals surface area contributed by atoms with Gasteiger partial charge in [-0.1, -0.05) is 6.92 Å². The second-order valence-corrected chi connectivity index (χ2v) is 5.92. The van der Waals surface area contributed by atoms with Crippen molar-refractivity contribution in [2.24, 2.45) is 11.7 Å². The third-order valence-electron chi connectivity index (χ3n) is 4.20. The smallest absolute Gasteiger partial charge is 0.126 e. The summed E-state index contributed by atoms with van der Waals surface area (Å²) in [6, 6.07) is 3.98. The lowest BCUT2D eigenvalue weighted by atomic mass is 10.1. The zero-order chi connectivity index (χ0) is 14.9. The van der Waals surface area contributed by atoms with Crippen LogP contribution in [0.2, 0.25) is 0 Å². The molecule has 0 saturated carbocycles. The molecule has 3 unspecified atom stereocenters. The average Bonchev–Trinajstić information content (AvgIpc) is 2.71. The first-order valence-corrected chi connectivity index (χ1v) is 6.99. The third-order valence-corrected chi connectivity index (χ3v) is 4.20. The number of hydrogen-bond acceptors (Lipinski definition) is 3. The van der Waals surface area contributed by atoms with Crippen LogP contribution in [0.5, 0.6) is 0 Å². The van der Waals surface area contributed by atoms with Crippen LogP contribution in [0.25, 0.3) is 0 Å². The molecule has 5 heteroatoms. The van der Waals surface area contributed by atoms with E-state index in [0.29, 0.717) is 24.1 Å². The van der Waals surface area contributed by atoms with E-state index in [2.05, 4.69) is 30.8 Å². The van der Waals surface area contributed by atoms with Gasteiger partial charge in [0.25, 0.3) is 0 Å². The SMILES string of the molecule is CC1CN(C(CN)c2cc(F)cc(F)c2)CC1N(C)C. The number of hydrogen-bond donors (Lipinski definition) is 1. The van der Waals surface area contributed by atoms with Gasteiger partial charge in [-0.05, 0) is 37.7 Å². The van der Waals surface area contributed by atoms with Crippen LogP contribution in [-0.4, -0.2) is 49.6 Å². The van der Waals surface area contributed by atoms with Crippen LogP contribution in [0.15, 0.2) is 18.2 Å². The van der Waals surface area contributed by atoms with Gasteiger partial charge in [0.05, 0.1) is 0 Å². The lowest BCUT2D eigenvalue weighted by Crippen LogP contribution is -2.36. The van der Waals surface area contributed by atoms with Gasteiger partial charge < -0.3 is 10.6 Å². The van der Waals surface area contributed by atoms with Crippen molar-refractivity contribution < 1.29 is 8.78 Å². The molecule has 1 aromatic rings. The van der Waals surface area contributed by atoms with Crippen LogP contribution in [-0.2, 0) is 0 Å². The molecule has 1 heterocycles. The highest BCUT2D eigenvalue weighted by atomic mass is 19.1. The molecule has 0 bridgehead atoms. The summed E-state index contributed by atoms with van der Waals surface area (Å²) in [7, 11) is 4.12. The fraction of sp³-hybridized carbons (Fsp3) is 0.600. The number of halogens is 2. The zero-order valence-corrected chi connectivity index (χ0v) is 12.3. The van der Waals surface area contributed by atoms with Gasteiger partial charge in [0, 0.05) is 37.8 Å². The molecule has 0 spiro atoms. The summed E-state index contributed by atoms with van der Waals surface area (Å²) < 4.78 is 26.8. The molecular formula is C15H23F2N3. The van der Waals surface area contributed by atoms with Crippen molar-refractivity contribution in [3.8, 4) is 0 Å². The van der Waals surface area contributed by atoms with E-state index < -0.39 is 11.6 Å². The number of nitrogens with zero attached hydrogens (tertiary/aromatic N) is 2. The molecule has 0 aliphatic carbocycles.